The summed E-state index contributed by atoms with van der Waals surface area (Å²) >= 11 is 5.02. The van der Waals surface area contributed by atoms with Crippen LogP contribution < -0.4 is 0 Å². The molecular formula is C13H18BrNO2S. The molecule has 0 heterocycles. The lowest BCUT2D eigenvalue weighted by Crippen LogP contribution is -2.35. The number of hydrogen-bond donors (Lipinski definition) is 1. The molecule has 1 rings (SSSR count). The van der Waals surface area contributed by atoms with Crippen molar-refractivity contribution in [1.29, 1.82) is 0 Å². The maximum Gasteiger partial charge on any atom is 0.257 e. The number of phenolic OH excluding ortho intramolecular Hbond substituents is 1. The first-order valence-corrected chi connectivity index (χ1v) is 7.90. The Hall–Kier alpha value is -0.680. The van der Waals surface area contributed by atoms with Crippen LogP contribution in [-0.4, -0.2) is 41.0 Å². The van der Waals surface area contributed by atoms with Gasteiger partial charge in [0.2, 0.25) is 0 Å². The van der Waals surface area contributed by atoms with Gasteiger partial charge >= 0.3 is 0 Å². The monoisotopic (exact) mass is 331 g/mol. The van der Waals surface area contributed by atoms with E-state index in [0.29, 0.717) is 5.56 Å². The number of rotatable bonds is 5. The van der Waals surface area contributed by atoms with E-state index in [9.17, 15) is 9.90 Å². The van der Waals surface area contributed by atoms with Gasteiger partial charge in [-0.2, -0.15) is 11.8 Å². The Balaban J connectivity index is 2.79. The molecular weight excluding hydrogens is 314 g/mol. The Morgan fingerprint density at radius 1 is 1.56 bits per heavy atom. The lowest BCUT2D eigenvalue weighted by Gasteiger charge is -2.25. The molecule has 0 aliphatic carbocycles. The van der Waals surface area contributed by atoms with Crippen molar-refractivity contribution in [2.75, 3.05) is 19.1 Å². The molecule has 0 spiro atoms. The van der Waals surface area contributed by atoms with Crippen molar-refractivity contribution in [3.05, 3.63) is 28.2 Å². The second-order valence-electron chi connectivity index (χ2n) is 4.21. The number of hydrogen-bond acceptors (Lipinski definition) is 3. The normalized spacial score (nSPS) is 12.2. The first-order valence-electron chi connectivity index (χ1n) is 5.72. The van der Waals surface area contributed by atoms with Crippen LogP contribution >= 0.6 is 27.7 Å². The highest BCUT2D eigenvalue weighted by atomic mass is 79.9. The van der Waals surface area contributed by atoms with Crippen LogP contribution in [0.15, 0.2) is 22.7 Å². The van der Waals surface area contributed by atoms with Crippen molar-refractivity contribution in [1.82, 2.24) is 4.90 Å². The molecule has 1 atom stereocenters. The highest BCUT2D eigenvalue weighted by molar-refractivity contribution is 9.10. The molecule has 1 N–H and O–H groups in total. The Morgan fingerprint density at radius 3 is 2.78 bits per heavy atom. The molecule has 0 fully saturated rings. The zero-order valence-corrected chi connectivity index (χ0v) is 13.2. The Bertz CT molecular complexity index is 425. The first kappa shape index (κ1) is 15.4. The van der Waals surface area contributed by atoms with Gasteiger partial charge in [0.05, 0.1) is 5.56 Å². The highest BCUT2D eigenvalue weighted by Gasteiger charge is 2.19. The van der Waals surface area contributed by atoms with Gasteiger partial charge in [-0.3, -0.25) is 4.79 Å². The van der Waals surface area contributed by atoms with Gasteiger partial charge in [0, 0.05) is 17.6 Å². The molecule has 0 aliphatic rings. The van der Waals surface area contributed by atoms with Crippen LogP contribution in [0.3, 0.4) is 0 Å². The minimum absolute atomic E-state index is 0.0123. The van der Waals surface area contributed by atoms with E-state index in [0.717, 1.165) is 16.6 Å². The van der Waals surface area contributed by atoms with Crippen molar-refractivity contribution >= 4 is 33.6 Å². The second kappa shape index (κ2) is 7.04. The summed E-state index contributed by atoms with van der Waals surface area (Å²) in [5.74, 6) is 0.886. The largest absolute Gasteiger partial charge is 0.507 e. The van der Waals surface area contributed by atoms with Crippen LogP contribution in [0.2, 0.25) is 0 Å². The molecule has 0 aromatic heterocycles. The van der Waals surface area contributed by atoms with E-state index >= 15 is 0 Å². The van der Waals surface area contributed by atoms with Gasteiger partial charge in [-0.15, -0.1) is 0 Å². The predicted octanol–water partition coefficient (Wildman–Crippen LogP) is 3.37. The zero-order chi connectivity index (χ0) is 13.7. The Labute approximate surface area is 121 Å². The lowest BCUT2D eigenvalue weighted by molar-refractivity contribution is 0.0738. The summed E-state index contributed by atoms with van der Waals surface area (Å²) in [5, 5.41) is 9.79. The number of aromatic hydroxyl groups is 1. The quantitative estimate of drug-likeness (QED) is 0.899. The number of carbonyl (C=O) groups excluding carboxylic acids is 1. The summed E-state index contributed by atoms with van der Waals surface area (Å²) in [6.07, 6.45) is 3.00. The number of carbonyl (C=O) groups is 1. The van der Waals surface area contributed by atoms with E-state index in [-0.39, 0.29) is 17.7 Å². The predicted molar refractivity (Wildman–Crippen MR) is 80.4 cm³/mol. The SMILES string of the molecule is CSCCC(C)N(C)C(=O)c1ccc(Br)cc1O. The van der Waals surface area contributed by atoms with Crippen molar-refractivity contribution in [3.63, 3.8) is 0 Å². The summed E-state index contributed by atoms with van der Waals surface area (Å²) < 4.78 is 0.759. The molecule has 1 aromatic carbocycles. The average Bonchev–Trinajstić information content (AvgIpc) is 2.34. The number of phenols is 1. The molecule has 1 unspecified atom stereocenters. The van der Waals surface area contributed by atoms with E-state index in [1.807, 2.05) is 6.92 Å². The maximum absolute atomic E-state index is 12.2. The fourth-order valence-corrected chi connectivity index (χ4v) is 2.48. The summed E-state index contributed by atoms with van der Waals surface area (Å²) in [6.45, 7) is 2.02. The highest BCUT2D eigenvalue weighted by Crippen LogP contribution is 2.24. The standard InChI is InChI=1S/C13H18BrNO2S/c1-9(6-7-18-3)15(2)13(17)11-5-4-10(14)8-12(11)16/h4-5,8-9,16H,6-7H2,1-3H3. The molecule has 3 nitrogen and oxygen atoms in total. The molecule has 0 saturated carbocycles. The van der Waals surface area contributed by atoms with E-state index in [1.165, 1.54) is 6.07 Å². The smallest absolute Gasteiger partial charge is 0.257 e. The van der Waals surface area contributed by atoms with Crippen molar-refractivity contribution in [2.45, 2.75) is 19.4 Å². The summed E-state index contributed by atoms with van der Waals surface area (Å²) in [6, 6.07) is 5.09. The molecule has 18 heavy (non-hydrogen) atoms. The Morgan fingerprint density at radius 2 is 2.22 bits per heavy atom. The molecule has 5 heteroatoms. The van der Waals surface area contributed by atoms with Crippen molar-refractivity contribution in [2.24, 2.45) is 0 Å². The van der Waals surface area contributed by atoms with Gasteiger partial charge in [0.25, 0.3) is 5.91 Å². The minimum Gasteiger partial charge on any atom is -0.507 e. The van der Waals surface area contributed by atoms with Crippen LogP contribution in [0.25, 0.3) is 0 Å². The van der Waals surface area contributed by atoms with Gasteiger partial charge in [0.15, 0.2) is 0 Å². The number of amides is 1. The van der Waals surface area contributed by atoms with Gasteiger partial charge < -0.3 is 10.0 Å². The summed E-state index contributed by atoms with van der Waals surface area (Å²) in [5.41, 5.74) is 0.344. The van der Waals surface area contributed by atoms with Crippen LogP contribution in [0.1, 0.15) is 23.7 Å². The molecule has 0 saturated heterocycles. The fraction of sp³-hybridized carbons (Fsp3) is 0.462. The van der Waals surface area contributed by atoms with Gasteiger partial charge in [-0.05, 0) is 43.6 Å². The van der Waals surface area contributed by atoms with Crippen molar-refractivity contribution < 1.29 is 9.90 Å². The average molecular weight is 332 g/mol. The third kappa shape index (κ3) is 3.92. The second-order valence-corrected chi connectivity index (χ2v) is 6.11. The number of nitrogens with zero attached hydrogens (tertiary/aromatic N) is 1. The van der Waals surface area contributed by atoms with Crippen LogP contribution in [0.5, 0.6) is 5.75 Å². The minimum atomic E-state index is -0.145. The van der Waals surface area contributed by atoms with E-state index in [2.05, 4.69) is 22.2 Å². The first-order chi connectivity index (χ1) is 8.47. The van der Waals surface area contributed by atoms with Gasteiger partial charge in [-0.25, -0.2) is 0 Å². The van der Waals surface area contributed by atoms with Gasteiger partial charge in [0.1, 0.15) is 5.75 Å². The molecule has 0 radical (unpaired) electrons. The van der Waals surface area contributed by atoms with Crippen LogP contribution in [-0.2, 0) is 0 Å². The lowest BCUT2D eigenvalue weighted by atomic mass is 10.1. The van der Waals surface area contributed by atoms with E-state index in [1.54, 1.807) is 35.8 Å². The van der Waals surface area contributed by atoms with Crippen LogP contribution in [0.4, 0.5) is 0 Å². The zero-order valence-electron chi connectivity index (χ0n) is 10.8. The molecule has 100 valence electrons. The Kier molecular flexibility index (Phi) is 6.02. The molecule has 1 amide bonds. The fourth-order valence-electron chi connectivity index (χ4n) is 1.56. The summed E-state index contributed by atoms with van der Waals surface area (Å²) in [4.78, 5) is 13.9. The topological polar surface area (TPSA) is 40.5 Å². The third-order valence-corrected chi connectivity index (χ3v) is 4.05. The third-order valence-electron chi connectivity index (χ3n) is 2.91. The number of thioether (sulfide) groups is 1. The molecule has 1 aromatic rings. The van der Waals surface area contributed by atoms with Crippen molar-refractivity contribution in [3.8, 4) is 5.75 Å². The number of benzene rings is 1. The van der Waals surface area contributed by atoms with Crippen LogP contribution in [0, 0.1) is 0 Å². The maximum atomic E-state index is 12.2. The molecule has 0 aliphatic heterocycles. The van der Waals surface area contributed by atoms with E-state index in [4.69, 9.17) is 0 Å². The van der Waals surface area contributed by atoms with E-state index < -0.39 is 0 Å². The molecule has 0 bridgehead atoms. The number of halogens is 1. The van der Waals surface area contributed by atoms with Gasteiger partial charge in [-0.1, -0.05) is 15.9 Å². The summed E-state index contributed by atoms with van der Waals surface area (Å²) in [7, 11) is 1.77.